The summed E-state index contributed by atoms with van der Waals surface area (Å²) in [4.78, 5) is 4.19. The molecule has 3 nitrogen and oxygen atoms in total. The van der Waals surface area contributed by atoms with Crippen LogP contribution in [0.5, 0.6) is 0 Å². The number of rotatable bonds is 5. The molecule has 1 atom stereocenters. The summed E-state index contributed by atoms with van der Waals surface area (Å²) in [6.45, 7) is 5.68. The van der Waals surface area contributed by atoms with Gasteiger partial charge in [0.1, 0.15) is 6.10 Å². The number of pyridine rings is 1. The molecule has 0 aliphatic heterocycles. The van der Waals surface area contributed by atoms with Crippen LogP contribution in [0.25, 0.3) is 0 Å². The zero-order valence-electron chi connectivity index (χ0n) is 9.37. The highest BCUT2D eigenvalue weighted by Crippen LogP contribution is 2.24. The zero-order valence-corrected chi connectivity index (χ0v) is 12.5. The quantitative estimate of drug-likeness (QED) is 0.857. The summed E-state index contributed by atoms with van der Waals surface area (Å²) in [6, 6.07) is 1.88. The molecule has 1 heterocycles. The summed E-state index contributed by atoms with van der Waals surface area (Å²) in [7, 11) is 0. The Labute approximate surface area is 113 Å². The topological polar surface area (TPSA) is 45.1 Å². The molecule has 0 aromatic carbocycles. The van der Waals surface area contributed by atoms with E-state index < -0.39 is 6.10 Å². The maximum absolute atomic E-state index is 9.93. The largest absolute Gasteiger partial charge is 0.385 e. The van der Waals surface area contributed by atoms with Crippen molar-refractivity contribution in [3.05, 3.63) is 26.9 Å². The van der Waals surface area contributed by atoms with Crippen molar-refractivity contribution in [3.8, 4) is 0 Å². The molecule has 0 spiro atoms. The number of nitrogens with zero attached hydrogens (tertiary/aromatic N) is 1. The van der Waals surface area contributed by atoms with Crippen molar-refractivity contribution in [1.82, 2.24) is 10.3 Å². The van der Waals surface area contributed by atoms with Gasteiger partial charge in [-0.15, -0.1) is 0 Å². The Hall–Kier alpha value is 0.0300. The monoisotopic (exact) mass is 350 g/mol. The first-order chi connectivity index (χ1) is 7.50. The summed E-state index contributed by atoms with van der Waals surface area (Å²) in [6.07, 6.45) is 1.10. The van der Waals surface area contributed by atoms with Gasteiger partial charge in [0.15, 0.2) is 0 Å². The molecule has 2 N–H and O–H groups in total. The fraction of sp³-hybridized carbons (Fsp3) is 0.545. The second kappa shape index (κ2) is 6.69. The van der Waals surface area contributed by atoms with Gasteiger partial charge < -0.3 is 10.4 Å². The predicted octanol–water partition coefficient (Wildman–Crippen LogP) is 2.89. The second-order valence-electron chi connectivity index (χ2n) is 4.09. The minimum atomic E-state index is -0.582. The Bertz CT molecular complexity index is 345. The summed E-state index contributed by atoms with van der Waals surface area (Å²) in [5.74, 6) is 0.577. The third-order valence-corrected chi connectivity index (χ3v) is 3.11. The summed E-state index contributed by atoms with van der Waals surface area (Å²) in [5, 5.41) is 13.1. The second-order valence-corrected chi connectivity index (χ2v) is 5.86. The van der Waals surface area contributed by atoms with Crippen molar-refractivity contribution in [2.75, 3.05) is 13.1 Å². The molecule has 1 aromatic heterocycles. The fourth-order valence-corrected chi connectivity index (χ4v) is 2.53. The molecule has 5 heteroatoms. The lowest BCUT2D eigenvalue weighted by Crippen LogP contribution is -2.25. The summed E-state index contributed by atoms with van der Waals surface area (Å²) >= 11 is 6.72. The zero-order chi connectivity index (χ0) is 12.1. The van der Waals surface area contributed by atoms with Crippen LogP contribution in [0.1, 0.15) is 25.6 Å². The number of hydrogen-bond donors (Lipinski definition) is 2. The van der Waals surface area contributed by atoms with Crippen LogP contribution in [0.2, 0.25) is 0 Å². The van der Waals surface area contributed by atoms with E-state index >= 15 is 0 Å². The fourth-order valence-electron chi connectivity index (χ4n) is 1.28. The lowest BCUT2D eigenvalue weighted by Gasteiger charge is -2.14. The van der Waals surface area contributed by atoms with E-state index in [1.165, 1.54) is 0 Å². The maximum atomic E-state index is 9.93. The van der Waals surface area contributed by atoms with E-state index in [2.05, 4.69) is 56.0 Å². The number of nitrogens with one attached hydrogen (secondary N) is 1. The van der Waals surface area contributed by atoms with E-state index in [0.29, 0.717) is 18.2 Å². The van der Waals surface area contributed by atoms with Crippen molar-refractivity contribution < 1.29 is 5.11 Å². The van der Waals surface area contributed by atoms with Crippen LogP contribution in [-0.2, 0) is 0 Å². The molecular formula is C11H16Br2N2O. The van der Waals surface area contributed by atoms with Gasteiger partial charge in [0, 0.05) is 21.7 Å². The lowest BCUT2D eigenvalue weighted by molar-refractivity contribution is 0.168. The minimum Gasteiger partial charge on any atom is -0.385 e. The molecule has 0 radical (unpaired) electrons. The average Bonchev–Trinajstić information content (AvgIpc) is 2.16. The predicted molar refractivity (Wildman–Crippen MR) is 72.3 cm³/mol. The molecule has 0 amide bonds. The van der Waals surface area contributed by atoms with Gasteiger partial charge >= 0.3 is 0 Å². The molecule has 1 aromatic rings. The Balaban J connectivity index is 2.55. The molecule has 1 rings (SSSR count). The highest BCUT2D eigenvalue weighted by molar-refractivity contribution is 9.11. The van der Waals surface area contributed by atoms with Crippen LogP contribution in [-0.4, -0.2) is 23.2 Å². The number of aliphatic hydroxyl groups excluding tert-OH is 1. The van der Waals surface area contributed by atoms with E-state index in [1.807, 2.05) is 6.07 Å². The molecule has 0 bridgehead atoms. The van der Waals surface area contributed by atoms with E-state index in [1.54, 1.807) is 6.20 Å². The van der Waals surface area contributed by atoms with Crippen LogP contribution in [0.4, 0.5) is 0 Å². The number of hydrogen-bond acceptors (Lipinski definition) is 3. The SMILES string of the molecule is CC(C)CNCC(O)c1ncc(Br)cc1Br. The van der Waals surface area contributed by atoms with E-state index in [4.69, 9.17) is 0 Å². The maximum Gasteiger partial charge on any atom is 0.109 e. The Morgan fingerprint density at radius 3 is 2.62 bits per heavy atom. The van der Waals surface area contributed by atoms with Gasteiger partial charge in [0.2, 0.25) is 0 Å². The highest BCUT2D eigenvalue weighted by Gasteiger charge is 2.12. The van der Waals surface area contributed by atoms with Crippen LogP contribution >= 0.6 is 31.9 Å². The lowest BCUT2D eigenvalue weighted by atomic mass is 10.2. The van der Waals surface area contributed by atoms with Crippen LogP contribution in [0.3, 0.4) is 0 Å². The van der Waals surface area contributed by atoms with Gasteiger partial charge in [-0.2, -0.15) is 0 Å². The van der Waals surface area contributed by atoms with Gasteiger partial charge in [-0.25, -0.2) is 0 Å². The van der Waals surface area contributed by atoms with Crippen LogP contribution in [0, 0.1) is 5.92 Å². The van der Waals surface area contributed by atoms with Gasteiger partial charge in [0.25, 0.3) is 0 Å². The summed E-state index contributed by atoms with van der Waals surface area (Å²) in [5.41, 5.74) is 0.666. The van der Waals surface area contributed by atoms with Gasteiger partial charge in [-0.05, 0) is 50.4 Å². The van der Waals surface area contributed by atoms with Crippen LogP contribution in [0.15, 0.2) is 21.2 Å². The number of aliphatic hydroxyl groups is 1. The van der Waals surface area contributed by atoms with Crippen molar-refractivity contribution in [1.29, 1.82) is 0 Å². The first-order valence-electron chi connectivity index (χ1n) is 5.20. The Morgan fingerprint density at radius 2 is 2.06 bits per heavy atom. The van der Waals surface area contributed by atoms with Crippen molar-refractivity contribution in [2.45, 2.75) is 20.0 Å². The molecular weight excluding hydrogens is 336 g/mol. The van der Waals surface area contributed by atoms with E-state index in [9.17, 15) is 5.11 Å². The minimum absolute atomic E-state index is 0.519. The molecule has 0 aliphatic carbocycles. The number of halogens is 2. The summed E-state index contributed by atoms with van der Waals surface area (Å²) < 4.78 is 1.71. The Morgan fingerprint density at radius 1 is 1.38 bits per heavy atom. The van der Waals surface area contributed by atoms with Crippen molar-refractivity contribution in [2.24, 2.45) is 5.92 Å². The molecule has 0 fully saturated rings. The normalized spacial score (nSPS) is 13.1. The first-order valence-corrected chi connectivity index (χ1v) is 6.79. The van der Waals surface area contributed by atoms with Crippen molar-refractivity contribution >= 4 is 31.9 Å². The first kappa shape index (κ1) is 14.1. The standard InChI is InChI=1S/C11H16Br2N2O/c1-7(2)4-14-6-10(16)11-9(13)3-8(12)5-15-11/h3,5,7,10,14,16H,4,6H2,1-2H3. The van der Waals surface area contributed by atoms with E-state index in [-0.39, 0.29) is 0 Å². The van der Waals surface area contributed by atoms with E-state index in [0.717, 1.165) is 15.5 Å². The smallest absolute Gasteiger partial charge is 0.109 e. The Kier molecular flexibility index (Phi) is 5.89. The third-order valence-electron chi connectivity index (χ3n) is 2.04. The third kappa shape index (κ3) is 4.49. The van der Waals surface area contributed by atoms with Gasteiger partial charge in [-0.3, -0.25) is 4.98 Å². The molecule has 0 saturated heterocycles. The highest BCUT2D eigenvalue weighted by atomic mass is 79.9. The van der Waals surface area contributed by atoms with Gasteiger partial charge in [-0.1, -0.05) is 13.8 Å². The van der Waals surface area contributed by atoms with Crippen LogP contribution < -0.4 is 5.32 Å². The molecule has 90 valence electrons. The molecule has 1 unspecified atom stereocenters. The van der Waals surface area contributed by atoms with Crippen molar-refractivity contribution in [3.63, 3.8) is 0 Å². The number of aromatic nitrogens is 1. The van der Waals surface area contributed by atoms with Gasteiger partial charge in [0.05, 0.1) is 5.69 Å². The average molecular weight is 352 g/mol. The molecule has 0 aliphatic rings. The molecule has 16 heavy (non-hydrogen) atoms. The molecule has 0 saturated carbocycles.